The van der Waals surface area contributed by atoms with Crippen molar-refractivity contribution in [1.82, 2.24) is 0 Å². The summed E-state index contributed by atoms with van der Waals surface area (Å²) in [6.07, 6.45) is 0. The van der Waals surface area contributed by atoms with Crippen molar-refractivity contribution in [2.75, 3.05) is 0 Å². The van der Waals surface area contributed by atoms with Gasteiger partial charge in [-0.15, -0.1) is 0 Å². The maximum absolute atomic E-state index is 10.3. The molecule has 2 aromatic rings. The lowest BCUT2D eigenvalue weighted by molar-refractivity contribution is 0.604. The molecule has 2 rings (SSSR count). The van der Waals surface area contributed by atoms with Gasteiger partial charge in [0.05, 0.1) is 0 Å². The highest BCUT2D eigenvalue weighted by molar-refractivity contribution is 7.64. The third-order valence-electron chi connectivity index (χ3n) is 2.03. The van der Waals surface area contributed by atoms with E-state index < -0.39 is 0 Å². The van der Waals surface area contributed by atoms with Gasteiger partial charge in [0.1, 0.15) is 0 Å². The van der Waals surface area contributed by atoms with Crippen LogP contribution in [0.2, 0.25) is 0 Å². The lowest BCUT2D eigenvalue weighted by Gasteiger charge is -1.96. The summed E-state index contributed by atoms with van der Waals surface area (Å²) in [7, 11) is 0. The van der Waals surface area contributed by atoms with Gasteiger partial charge in [-0.3, -0.25) is 0 Å². The fourth-order valence-corrected chi connectivity index (χ4v) is 2.28. The molecule has 0 radical (unpaired) electrons. The van der Waals surface area contributed by atoms with Crippen molar-refractivity contribution in [2.45, 2.75) is 5.75 Å². The third-order valence-corrected chi connectivity index (χ3v) is 3.17. The highest BCUT2D eigenvalue weighted by Gasteiger charge is 2.02. The van der Waals surface area contributed by atoms with Gasteiger partial charge in [-0.2, -0.15) is 11.3 Å². The zero-order valence-electron chi connectivity index (χ0n) is 7.47. The van der Waals surface area contributed by atoms with Crippen LogP contribution in [0.4, 0.5) is 0 Å². The average Bonchev–Trinajstić information content (AvgIpc) is 2.72. The normalized spacial score (nSPS) is 10.0. The summed E-state index contributed by atoms with van der Waals surface area (Å²) in [5, 5.41) is 4.19. The van der Waals surface area contributed by atoms with Crippen LogP contribution in [0.1, 0.15) is 5.56 Å². The van der Waals surface area contributed by atoms with Crippen LogP contribution in [0, 0.1) is 0 Å². The number of benzene rings is 1. The molecule has 70 valence electrons. The predicted molar refractivity (Wildman–Crippen MR) is 61.5 cm³/mol. The molecule has 0 aliphatic carbocycles. The fourth-order valence-electron chi connectivity index (χ4n) is 1.29. The summed E-state index contributed by atoms with van der Waals surface area (Å²) >= 11 is 2.30. The first-order chi connectivity index (χ1) is 6.90. The summed E-state index contributed by atoms with van der Waals surface area (Å²) in [5.41, 5.74) is 3.55. The molecule has 0 atom stereocenters. The van der Waals surface area contributed by atoms with Crippen molar-refractivity contribution in [3.05, 3.63) is 46.7 Å². The summed E-state index contributed by atoms with van der Waals surface area (Å²) in [6.45, 7) is 0. The number of hydrogen-bond acceptors (Lipinski definition) is 2. The van der Waals surface area contributed by atoms with Gasteiger partial charge in [-0.05, 0) is 28.0 Å². The lowest BCUT2D eigenvalue weighted by atomic mass is 10.1. The SMILES string of the molecule is O=[S+]Cc1ccc(-c2ccsc2)cc1. The van der Waals surface area contributed by atoms with Gasteiger partial charge in [0.2, 0.25) is 0 Å². The second-order valence-electron chi connectivity index (χ2n) is 2.97. The Labute approximate surface area is 90.9 Å². The zero-order chi connectivity index (χ0) is 9.80. The van der Waals surface area contributed by atoms with Crippen molar-refractivity contribution in [3.8, 4) is 11.1 Å². The maximum Gasteiger partial charge on any atom is 0.463 e. The Morgan fingerprint density at radius 1 is 1.07 bits per heavy atom. The average molecular weight is 221 g/mol. The fraction of sp³-hybridized carbons (Fsp3) is 0.0909. The van der Waals surface area contributed by atoms with E-state index in [-0.39, 0.29) is 0 Å². The first-order valence-electron chi connectivity index (χ1n) is 4.26. The molecule has 0 saturated carbocycles. The minimum atomic E-state index is 0.546. The standard InChI is InChI=1S/C11H9OS2/c12-14-7-9-1-3-10(4-2-9)11-5-6-13-8-11/h1-6,8H,7H2/q+1. The van der Waals surface area contributed by atoms with E-state index in [9.17, 15) is 4.21 Å². The highest BCUT2D eigenvalue weighted by atomic mass is 32.1. The van der Waals surface area contributed by atoms with Crippen LogP contribution in [0.5, 0.6) is 0 Å². The van der Waals surface area contributed by atoms with Crippen molar-refractivity contribution in [3.63, 3.8) is 0 Å². The van der Waals surface area contributed by atoms with E-state index in [0.717, 1.165) is 5.56 Å². The molecule has 3 heteroatoms. The molecule has 0 saturated heterocycles. The largest absolute Gasteiger partial charge is 0.463 e. The molecule has 0 amide bonds. The minimum Gasteiger partial charge on any atom is -0.152 e. The van der Waals surface area contributed by atoms with E-state index in [2.05, 4.69) is 29.0 Å². The van der Waals surface area contributed by atoms with Crippen LogP contribution in [-0.4, -0.2) is 0 Å². The minimum absolute atomic E-state index is 0.546. The maximum atomic E-state index is 10.3. The van der Waals surface area contributed by atoms with Crippen molar-refractivity contribution in [2.24, 2.45) is 0 Å². The summed E-state index contributed by atoms with van der Waals surface area (Å²) < 4.78 is 10.3. The molecule has 0 aliphatic heterocycles. The lowest BCUT2D eigenvalue weighted by Crippen LogP contribution is -1.81. The van der Waals surface area contributed by atoms with Crippen LogP contribution >= 0.6 is 11.3 Å². The number of hydrogen-bond donors (Lipinski definition) is 0. The van der Waals surface area contributed by atoms with Gasteiger partial charge in [0.15, 0.2) is 0 Å². The van der Waals surface area contributed by atoms with Crippen LogP contribution in [0.25, 0.3) is 11.1 Å². The zero-order valence-corrected chi connectivity index (χ0v) is 9.11. The van der Waals surface area contributed by atoms with E-state index in [0.29, 0.717) is 17.4 Å². The van der Waals surface area contributed by atoms with Gasteiger partial charge in [0, 0.05) is 9.77 Å². The van der Waals surface area contributed by atoms with E-state index in [4.69, 9.17) is 0 Å². The summed E-state index contributed by atoms with van der Waals surface area (Å²) in [6, 6.07) is 10.2. The molecule has 1 aromatic heterocycles. The van der Waals surface area contributed by atoms with Crippen molar-refractivity contribution in [1.29, 1.82) is 0 Å². The van der Waals surface area contributed by atoms with Crippen LogP contribution in [-0.2, 0) is 21.6 Å². The van der Waals surface area contributed by atoms with Gasteiger partial charge >= 0.3 is 11.7 Å². The third kappa shape index (κ3) is 2.05. The van der Waals surface area contributed by atoms with Crippen molar-refractivity contribution >= 4 is 23.0 Å². The Morgan fingerprint density at radius 2 is 1.86 bits per heavy atom. The molecule has 1 nitrogen and oxygen atoms in total. The van der Waals surface area contributed by atoms with Gasteiger partial charge in [0.25, 0.3) is 5.75 Å². The summed E-state index contributed by atoms with van der Waals surface area (Å²) in [5.74, 6) is 0.546. The van der Waals surface area contributed by atoms with Gasteiger partial charge < -0.3 is 0 Å². The Kier molecular flexibility index (Phi) is 3.01. The van der Waals surface area contributed by atoms with Crippen LogP contribution in [0.3, 0.4) is 0 Å². The molecule has 0 aliphatic rings. The Hall–Kier alpha value is -1.06. The second-order valence-corrected chi connectivity index (χ2v) is 4.28. The Balaban J connectivity index is 2.26. The molecule has 0 N–H and O–H groups in total. The van der Waals surface area contributed by atoms with E-state index >= 15 is 0 Å². The second kappa shape index (κ2) is 4.44. The van der Waals surface area contributed by atoms with Gasteiger partial charge in [-0.25, -0.2) is 0 Å². The number of thiophene rings is 1. The van der Waals surface area contributed by atoms with E-state index in [1.807, 2.05) is 12.1 Å². The molecule has 1 aromatic carbocycles. The first-order valence-corrected chi connectivity index (χ1v) is 6.12. The number of rotatable bonds is 3. The molecule has 1 heterocycles. The molecule has 0 fully saturated rings. The smallest absolute Gasteiger partial charge is 0.152 e. The van der Waals surface area contributed by atoms with Gasteiger partial charge in [-0.1, -0.05) is 24.3 Å². The van der Waals surface area contributed by atoms with E-state index in [1.54, 1.807) is 11.3 Å². The Bertz CT molecular complexity index is 403. The van der Waals surface area contributed by atoms with E-state index in [1.165, 1.54) is 11.1 Å². The van der Waals surface area contributed by atoms with Crippen molar-refractivity contribution < 1.29 is 4.21 Å². The highest BCUT2D eigenvalue weighted by Crippen LogP contribution is 2.22. The first kappa shape index (κ1) is 9.49. The topological polar surface area (TPSA) is 17.1 Å². The molecule has 0 spiro atoms. The van der Waals surface area contributed by atoms with Crippen LogP contribution in [0.15, 0.2) is 41.1 Å². The molecule has 14 heavy (non-hydrogen) atoms. The predicted octanol–water partition coefficient (Wildman–Crippen LogP) is 3.34. The quantitative estimate of drug-likeness (QED) is 0.726. The summed E-state index contributed by atoms with van der Waals surface area (Å²) in [4.78, 5) is 0. The molecule has 0 unspecified atom stereocenters. The van der Waals surface area contributed by atoms with Crippen LogP contribution < -0.4 is 0 Å². The molecular weight excluding hydrogens is 212 g/mol. The molecular formula is C11H9OS2+. The Morgan fingerprint density at radius 3 is 2.43 bits per heavy atom. The monoisotopic (exact) mass is 221 g/mol. The molecule has 0 bridgehead atoms.